The van der Waals surface area contributed by atoms with E-state index in [9.17, 15) is 0 Å². The molecule has 2 unspecified atom stereocenters. The molecule has 1 saturated heterocycles. The van der Waals surface area contributed by atoms with Crippen molar-refractivity contribution in [3.8, 4) is 0 Å². The molecule has 2 atom stereocenters. The molecule has 0 saturated carbocycles. The van der Waals surface area contributed by atoms with Gasteiger partial charge in [-0.3, -0.25) is 0 Å². The first-order chi connectivity index (χ1) is 6.63. The third-order valence-corrected chi connectivity index (χ3v) is 3.55. The van der Waals surface area contributed by atoms with Crippen LogP contribution in [-0.2, 0) is 0 Å². The van der Waals surface area contributed by atoms with Crippen LogP contribution in [0.3, 0.4) is 0 Å². The molecule has 2 heteroatoms. The van der Waals surface area contributed by atoms with E-state index < -0.39 is 0 Å². The summed E-state index contributed by atoms with van der Waals surface area (Å²) in [5, 5.41) is 3.64. The molecular formula is C12H26N2. The highest BCUT2D eigenvalue weighted by Gasteiger charge is 2.21. The lowest BCUT2D eigenvalue weighted by Gasteiger charge is -2.20. The van der Waals surface area contributed by atoms with E-state index in [-0.39, 0.29) is 0 Å². The first kappa shape index (κ1) is 12.0. The Morgan fingerprint density at radius 1 is 1.36 bits per heavy atom. The molecule has 0 amide bonds. The summed E-state index contributed by atoms with van der Waals surface area (Å²) in [6.45, 7) is 14.1. The summed E-state index contributed by atoms with van der Waals surface area (Å²) >= 11 is 0. The van der Waals surface area contributed by atoms with Gasteiger partial charge in [0.1, 0.15) is 0 Å². The lowest BCUT2D eigenvalue weighted by atomic mass is 10.0. The molecule has 1 aliphatic heterocycles. The fourth-order valence-corrected chi connectivity index (χ4v) is 1.95. The van der Waals surface area contributed by atoms with Crippen molar-refractivity contribution in [1.82, 2.24) is 10.2 Å². The molecule has 1 N–H and O–H groups in total. The number of nitrogens with zero attached hydrogens (tertiary/aromatic N) is 1. The quantitative estimate of drug-likeness (QED) is 0.726. The van der Waals surface area contributed by atoms with Crippen LogP contribution in [0, 0.1) is 11.8 Å². The molecule has 1 rings (SSSR count). The van der Waals surface area contributed by atoms with Crippen molar-refractivity contribution in [2.24, 2.45) is 11.8 Å². The number of rotatable bonds is 5. The van der Waals surface area contributed by atoms with Crippen LogP contribution in [0.4, 0.5) is 0 Å². The number of hydrogen-bond acceptors (Lipinski definition) is 2. The Kier molecular flexibility index (Phi) is 4.90. The predicted octanol–water partition coefficient (Wildman–Crippen LogP) is 1.96. The maximum Gasteiger partial charge on any atom is 0.00618 e. The van der Waals surface area contributed by atoms with E-state index in [4.69, 9.17) is 0 Å². The van der Waals surface area contributed by atoms with Crippen LogP contribution >= 0.6 is 0 Å². The molecule has 1 heterocycles. The van der Waals surface area contributed by atoms with Gasteiger partial charge >= 0.3 is 0 Å². The van der Waals surface area contributed by atoms with Crippen molar-refractivity contribution in [3.05, 3.63) is 0 Å². The van der Waals surface area contributed by atoms with Crippen molar-refractivity contribution in [2.75, 3.05) is 26.2 Å². The highest BCUT2D eigenvalue weighted by Crippen LogP contribution is 2.15. The normalized spacial score (nSPS) is 25.9. The lowest BCUT2D eigenvalue weighted by Crippen LogP contribution is -2.35. The summed E-state index contributed by atoms with van der Waals surface area (Å²) in [4.78, 5) is 2.55. The summed E-state index contributed by atoms with van der Waals surface area (Å²) in [6, 6.07) is 0.658. The van der Waals surface area contributed by atoms with E-state index >= 15 is 0 Å². The SMILES string of the molecule is CCN1CCC(CNC(C)C(C)C)C1. The van der Waals surface area contributed by atoms with Crippen LogP contribution in [0.5, 0.6) is 0 Å². The lowest BCUT2D eigenvalue weighted by molar-refractivity contribution is 0.329. The largest absolute Gasteiger partial charge is 0.314 e. The Morgan fingerprint density at radius 3 is 2.57 bits per heavy atom. The maximum atomic E-state index is 3.64. The Labute approximate surface area is 89.1 Å². The van der Waals surface area contributed by atoms with Crippen LogP contribution in [0.15, 0.2) is 0 Å². The summed E-state index contributed by atoms with van der Waals surface area (Å²) in [6.07, 6.45) is 1.38. The van der Waals surface area contributed by atoms with Crippen molar-refractivity contribution < 1.29 is 0 Å². The van der Waals surface area contributed by atoms with E-state index in [2.05, 4.69) is 37.9 Å². The summed E-state index contributed by atoms with van der Waals surface area (Å²) in [5.41, 5.74) is 0. The topological polar surface area (TPSA) is 15.3 Å². The van der Waals surface area contributed by atoms with Gasteiger partial charge in [0.2, 0.25) is 0 Å². The summed E-state index contributed by atoms with van der Waals surface area (Å²) < 4.78 is 0. The molecule has 0 aromatic carbocycles. The van der Waals surface area contributed by atoms with Gasteiger partial charge in [0, 0.05) is 12.6 Å². The minimum atomic E-state index is 0.658. The highest BCUT2D eigenvalue weighted by atomic mass is 15.1. The summed E-state index contributed by atoms with van der Waals surface area (Å²) in [5.74, 6) is 1.63. The van der Waals surface area contributed by atoms with Crippen molar-refractivity contribution in [2.45, 2.75) is 40.2 Å². The number of hydrogen-bond donors (Lipinski definition) is 1. The average molecular weight is 198 g/mol. The maximum absolute atomic E-state index is 3.64. The second-order valence-electron chi connectivity index (χ2n) is 4.99. The fraction of sp³-hybridized carbons (Fsp3) is 1.00. The Balaban J connectivity index is 2.14. The van der Waals surface area contributed by atoms with Gasteiger partial charge in [0.25, 0.3) is 0 Å². The van der Waals surface area contributed by atoms with Crippen molar-refractivity contribution in [3.63, 3.8) is 0 Å². The van der Waals surface area contributed by atoms with Gasteiger partial charge in [-0.2, -0.15) is 0 Å². The minimum absolute atomic E-state index is 0.658. The Morgan fingerprint density at radius 2 is 2.07 bits per heavy atom. The molecule has 1 fully saturated rings. The van der Waals surface area contributed by atoms with Crippen LogP contribution in [-0.4, -0.2) is 37.1 Å². The van der Waals surface area contributed by atoms with Crippen LogP contribution in [0.25, 0.3) is 0 Å². The molecule has 1 aliphatic rings. The van der Waals surface area contributed by atoms with E-state index in [1.165, 1.54) is 32.6 Å². The molecule has 14 heavy (non-hydrogen) atoms. The fourth-order valence-electron chi connectivity index (χ4n) is 1.95. The van der Waals surface area contributed by atoms with Gasteiger partial charge < -0.3 is 10.2 Å². The molecule has 84 valence electrons. The van der Waals surface area contributed by atoms with Gasteiger partial charge in [-0.1, -0.05) is 20.8 Å². The first-order valence-electron chi connectivity index (χ1n) is 6.09. The molecule has 0 aromatic rings. The molecular weight excluding hydrogens is 172 g/mol. The number of likely N-dealkylation sites (tertiary alicyclic amines) is 1. The molecule has 0 radical (unpaired) electrons. The van der Waals surface area contributed by atoms with E-state index in [1.54, 1.807) is 0 Å². The second kappa shape index (κ2) is 5.72. The zero-order valence-electron chi connectivity index (χ0n) is 10.2. The number of nitrogens with one attached hydrogen (secondary N) is 1. The average Bonchev–Trinajstić information content (AvgIpc) is 2.61. The van der Waals surface area contributed by atoms with Gasteiger partial charge in [0.05, 0.1) is 0 Å². The van der Waals surface area contributed by atoms with Crippen molar-refractivity contribution in [1.29, 1.82) is 0 Å². The molecule has 0 spiro atoms. The van der Waals surface area contributed by atoms with Gasteiger partial charge in [-0.15, -0.1) is 0 Å². The molecule has 0 bridgehead atoms. The van der Waals surface area contributed by atoms with E-state index in [0.717, 1.165) is 11.8 Å². The Bertz CT molecular complexity index is 156. The standard InChI is InChI=1S/C12H26N2/c1-5-14-7-6-12(9-14)8-13-11(4)10(2)3/h10-13H,5-9H2,1-4H3. The van der Waals surface area contributed by atoms with E-state index in [0.29, 0.717) is 6.04 Å². The summed E-state index contributed by atoms with van der Waals surface area (Å²) in [7, 11) is 0. The van der Waals surface area contributed by atoms with E-state index in [1.807, 2.05) is 0 Å². The predicted molar refractivity (Wildman–Crippen MR) is 62.5 cm³/mol. The first-order valence-corrected chi connectivity index (χ1v) is 6.09. The van der Waals surface area contributed by atoms with Crippen LogP contribution in [0.1, 0.15) is 34.1 Å². The second-order valence-corrected chi connectivity index (χ2v) is 4.99. The minimum Gasteiger partial charge on any atom is -0.314 e. The van der Waals surface area contributed by atoms with Crippen LogP contribution < -0.4 is 5.32 Å². The van der Waals surface area contributed by atoms with Crippen LogP contribution in [0.2, 0.25) is 0 Å². The van der Waals surface area contributed by atoms with Gasteiger partial charge in [-0.25, -0.2) is 0 Å². The highest BCUT2D eigenvalue weighted by molar-refractivity contribution is 4.77. The van der Waals surface area contributed by atoms with Crippen molar-refractivity contribution >= 4 is 0 Å². The Hall–Kier alpha value is -0.0800. The monoisotopic (exact) mass is 198 g/mol. The molecule has 0 aliphatic carbocycles. The van der Waals surface area contributed by atoms with Gasteiger partial charge in [-0.05, 0) is 44.8 Å². The zero-order chi connectivity index (χ0) is 10.6. The van der Waals surface area contributed by atoms with Gasteiger partial charge in [0.15, 0.2) is 0 Å². The molecule has 0 aromatic heterocycles. The zero-order valence-corrected chi connectivity index (χ0v) is 10.2. The molecule has 2 nitrogen and oxygen atoms in total. The smallest absolute Gasteiger partial charge is 0.00618 e. The third-order valence-electron chi connectivity index (χ3n) is 3.55. The third kappa shape index (κ3) is 3.58.